The molecule has 2 aliphatic rings. The van der Waals surface area contributed by atoms with Crippen molar-refractivity contribution in [2.75, 3.05) is 39.8 Å². The van der Waals surface area contributed by atoms with Crippen molar-refractivity contribution in [1.82, 2.24) is 14.8 Å². The third kappa shape index (κ3) is 4.42. The Kier molecular flexibility index (Phi) is 5.73. The van der Waals surface area contributed by atoms with Gasteiger partial charge in [0.15, 0.2) is 6.10 Å². The Morgan fingerprint density at radius 1 is 1.21 bits per heavy atom. The molecule has 150 valence electrons. The van der Waals surface area contributed by atoms with E-state index in [0.29, 0.717) is 37.8 Å². The molecule has 0 radical (unpaired) electrons. The van der Waals surface area contributed by atoms with Crippen LogP contribution in [0.25, 0.3) is 0 Å². The summed E-state index contributed by atoms with van der Waals surface area (Å²) in [5.41, 5.74) is 0.952. The van der Waals surface area contributed by atoms with Crippen molar-refractivity contribution in [2.24, 2.45) is 5.92 Å². The summed E-state index contributed by atoms with van der Waals surface area (Å²) in [7, 11) is 2.09. The molecule has 1 unspecified atom stereocenters. The second-order valence-electron chi connectivity index (χ2n) is 7.69. The van der Waals surface area contributed by atoms with Crippen LogP contribution < -0.4 is 0 Å². The highest BCUT2D eigenvalue weighted by molar-refractivity contribution is 5.79. The van der Waals surface area contributed by atoms with Crippen molar-refractivity contribution in [2.45, 2.75) is 25.4 Å². The minimum Gasteiger partial charge on any atom is -0.442 e. The summed E-state index contributed by atoms with van der Waals surface area (Å²) in [6, 6.07) is 6.33. The molecule has 6 nitrogen and oxygen atoms in total. The minimum absolute atomic E-state index is 0.105. The number of morpholine rings is 1. The summed E-state index contributed by atoms with van der Waals surface area (Å²) in [6.07, 6.45) is 3.71. The van der Waals surface area contributed by atoms with Crippen LogP contribution in [0, 0.1) is 11.7 Å². The van der Waals surface area contributed by atoms with Crippen LogP contribution in [-0.4, -0.2) is 60.5 Å². The van der Waals surface area contributed by atoms with Crippen LogP contribution >= 0.6 is 0 Å². The summed E-state index contributed by atoms with van der Waals surface area (Å²) in [6.45, 7) is 3.51. The summed E-state index contributed by atoms with van der Waals surface area (Å²) >= 11 is 0. The Morgan fingerprint density at radius 2 is 1.96 bits per heavy atom. The number of carbonyl (C=O) groups is 1. The zero-order chi connectivity index (χ0) is 19.5. The van der Waals surface area contributed by atoms with Crippen molar-refractivity contribution in [3.05, 3.63) is 53.5 Å². The highest BCUT2D eigenvalue weighted by Gasteiger charge is 2.33. The average molecular weight is 387 g/mol. The van der Waals surface area contributed by atoms with E-state index >= 15 is 0 Å². The lowest BCUT2D eigenvalue weighted by atomic mass is 9.95. The largest absolute Gasteiger partial charge is 0.442 e. The van der Waals surface area contributed by atoms with Crippen molar-refractivity contribution in [1.29, 1.82) is 0 Å². The molecule has 3 heterocycles. The van der Waals surface area contributed by atoms with Crippen LogP contribution in [0.5, 0.6) is 0 Å². The van der Waals surface area contributed by atoms with Gasteiger partial charge in [0.05, 0.1) is 19.3 Å². The van der Waals surface area contributed by atoms with Crippen LogP contribution in [0.1, 0.15) is 36.2 Å². The maximum atomic E-state index is 13.0. The lowest BCUT2D eigenvalue weighted by Gasteiger charge is -2.36. The van der Waals surface area contributed by atoms with Crippen LogP contribution in [0.4, 0.5) is 4.39 Å². The van der Waals surface area contributed by atoms with Gasteiger partial charge in [0.2, 0.25) is 11.8 Å². The molecule has 0 spiro atoms. The quantitative estimate of drug-likeness (QED) is 0.807. The average Bonchev–Trinajstić information content (AvgIpc) is 3.18. The number of oxazole rings is 1. The standard InChI is InChI=1S/C21H26FN3O3/c1-24-8-6-16(7-9-24)21(26)25-10-11-27-19(14-25)20-23-13-18(28-20)12-15-2-4-17(22)5-3-15/h2-5,13,16,19H,6-12,14H2,1H3. The first-order chi connectivity index (χ1) is 13.6. The third-order valence-electron chi connectivity index (χ3n) is 5.58. The maximum absolute atomic E-state index is 13.0. The van der Waals surface area contributed by atoms with E-state index in [1.165, 1.54) is 12.1 Å². The first-order valence-electron chi connectivity index (χ1n) is 9.86. The number of hydrogen-bond acceptors (Lipinski definition) is 5. The van der Waals surface area contributed by atoms with Gasteiger partial charge in [-0.05, 0) is 50.7 Å². The van der Waals surface area contributed by atoms with Gasteiger partial charge >= 0.3 is 0 Å². The molecule has 7 heteroatoms. The lowest BCUT2D eigenvalue weighted by molar-refractivity contribution is -0.145. The molecule has 2 fully saturated rings. The Bertz CT molecular complexity index is 799. The van der Waals surface area contributed by atoms with E-state index in [9.17, 15) is 9.18 Å². The Labute approximate surface area is 164 Å². The van der Waals surface area contributed by atoms with Crippen LogP contribution in [0.15, 0.2) is 34.9 Å². The van der Waals surface area contributed by atoms with E-state index in [0.717, 1.165) is 31.5 Å². The molecule has 0 saturated carbocycles. The molecule has 0 N–H and O–H groups in total. The van der Waals surface area contributed by atoms with Crippen molar-refractivity contribution < 1.29 is 18.3 Å². The summed E-state index contributed by atoms with van der Waals surface area (Å²) in [4.78, 5) is 21.4. The van der Waals surface area contributed by atoms with Gasteiger partial charge in [0, 0.05) is 18.9 Å². The van der Waals surface area contributed by atoms with Gasteiger partial charge in [-0.3, -0.25) is 4.79 Å². The molecule has 1 aromatic carbocycles. The van der Waals surface area contributed by atoms with Crippen LogP contribution in [0.2, 0.25) is 0 Å². The SMILES string of the molecule is CN1CCC(C(=O)N2CCOC(c3ncc(Cc4ccc(F)cc4)o3)C2)CC1. The zero-order valence-corrected chi connectivity index (χ0v) is 16.1. The number of piperidine rings is 1. The fourth-order valence-electron chi connectivity index (χ4n) is 3.87. The maximum Gasteiger partial charge on any atom is 0.225 e. The first-order valence-corrected chi connectivity index (χ1v) is 9.86. The van der Waals surface area contributed by atoms with Gasteiger partial charge in [-0.1, -0.05) is 12.1 Å². The monoisotopic (exact) mass is 387 g/mol. The lowest BCUT2D eigenvalue weighted by Crippen LogP contribution is -2.47. The molecular weight excluding hydrogens is 361 g/mol. The highest BCUT2D eigenvalue weighted by Crippen LogP contribution is 2.26. The molecule has 0 bridgehead atoms. The smallest absolute Gasteiger partial charge is 0.225 e. The molecular formula is C21H26FN3O3. The molecule has 28 heavy (non-hydrogen) atoms. The summed E-state index contributed by atoms with van der Waals surface area (Å²) in [5.74, 6) is 1.27. The number of benzene rings is 1. The van der Waals surface area contributed by atoms with Gasteiger partial charge in [-0.2, -0.15) is 0 Å². The topological polar surface area (TPSA) is 58.8 Å². The summed E-state index contributed by atoms with van der Waals surface area (Å²) < 4.78 is 24.7. The number of rotatable bonds is 4. The van der Waals surface area contributed by atoms with Gasteiger partial charge in [-0.15, -0.1) is 0 Å². The second-order valence-corrected chi connectivity index (χ2v) is 7.69. The molecule has 0 aliphatic carbocycles. The molecule has 4 rings (SSSR count). The number of amides is 1. The third-order valence-corrected chi connectivity index (χ3v) is 5.58. The Balaban J connectivity index is 1.37. The van der Waals surface area contributed by atoms with Crippen molar-refractivity contribution in [3.63, 3.8) is 0 Å². The number of hydrogen-bond donors (Lipinski definition) is 0. The number of aromatic nitrogens is 1. The van der Waals surface area contributed by atoms with Gasteiger partial charge in [0.25, 0.3) is 0 Å². The van der Waals surface area contributed by atoms with Crippen molar-refractivity contribution >= 4 is 5.91 Å². The van der Waals surface area contributed by atoms with Crippen molar-refractivity contribution in [3.8, 4) is 0 Å². The minimum atomic E-state index is -0.342. The number of likely N-dealkylation sites (tertiary alicyclic amines) is 1. The van der Waals surface area contributed by atoms with Gasteiger partial charge in [-0.25, -0.2) is 9.37 Å². The van der Waals surface area contributed by atoms with Crippen LogP contribution in [-0.2, 0) is 16.0 Å². The van der Waals surface area contributed by atoms with E-state index < -0.39 is 0 Å². The molecule has 2 aromatic rings. The fraction of sp³-hybridized carbons (Fsp3) is 0.524. The Hall–Kier alpha value is -2.25. The van der Waals surface area contributed by atoms with Crippen LogP contribution in [0.3, 0.4) is 0 Å². The van der Waals surface area contributed by atoms with E-state index in [-0.39, 0.29) is 23.7 Å². The molecule has 1 atom stereocenters. The predicted octanol–water partition coefficient (Wildman–Crippen LogP) is 2.65. The molecule has 1 aromatic heterocycles. The van der Waals surface area contributed by atoms with Gasteiger partial charge < -0.3 is 19.0 Å². The first kappa shape index (κ1) is 19.1. The van der Waals surface area contributed by atoms with Gasteiger partial charge in [0.1, 0.15) is 11.6 Å². The summed E-state index contributed by atoms with van der Waals surface area (Å²) in [5, 5.41) is 0. The molecule has 2 aliphatic heterocycles. The predicted molar refractivity (Wildman–Crippen MR) is 101 cm³/mol. The number of carbonyl (C=O) groups excluding carboxylic acids is 1. The Morgan fingerprint density at radius 3 is 2.71 bits per heavy atom. The van der Waals surface area contributed by atoms with E-state index in [1.807, 2.05) is 4.90 Å². The number of ether oxygens (including phenoxy) is 1. The fourth-order valence-corrected chi connectivity index (χ4v) is 3.87. The highest BCUT2D eigenvalue weighted by atomic mass is 19.1. The van der Waals surface area contributed by atoms with E-state index in [4.69, 9.17) is 9.15 Å². The number of halogens is 1. The second kappa shape index (κ2) is 8.41. The molecule has 1 amide bonds. The zero-order valence-electron chi connectivity index (χ0n) is 16.1. The van der Waals surface area contributed by atoms with E-state index in [2.05, 4.69) is 16.9 Å². The van der Waals surface area contributed by atoms with E-state index in [1.54, 1.807) is 18.3 Å². The molecule has 2 saturated heterocycles. The number of nitrogens with zero attached hydrogens (tertiary/aromatic N) is 3. The normalized spacial score (nSPS) is 21.8.